The van der Waals surface area contributed by atoms with Crippen LogP contribution in [-0.2, 0) is 22.2 Å². The summed E-state index contributed by atoms with van der Waals surface area (Å²) in [5.41, 5.74) is 7.53. The number of carbonyl (C=O) groups excluding carboxylic acids is 1. The number of ether oxygens (including phenoxy) is 3. The number of aliphatic carboxylic acids is 1. The maximum atomic E-state index is 11.3. The summed E-state index contributed by atoms with van der Waals surface area (Å²) in [5, 5.41) is 22.0. The molecule has 246 valence electrons. The summed E-state index contributed by atoms with van der Waals surface area (Å²) in [6.45, 7) is 8.28. The molecule has 0 saturated carbocycles. The highest BCUT2D eigenvalue weighted by Crippen LogP contribution is 2.50. The predicted octanol–water partition coefficient (Wildman–Crippen LogP) is 5.76. The largest absolute Gasteiger partial charge is 0.537 e. The van der Waals surface area contributed by atoms with Crippen LogP contribution >= 0.6 is 11.6 Å². The van der Waals surface area contributed by atoms with Crippen LogP contribution < -0.4 is 24.2 Å². The minimum Gasteiger partial charge on any atom is -0.537 e. The van der Waals surface area contributed by atoms with E-state index in [1.165, 1.54) is 7.11 Å². The van der Waals surface area contributed by atoms with Crippen molar-refractivity contribution in [3.8, 4) is 29.2 Å². The molecule has 0 atom stereocenters. The molecule has 0 fully saturated rings. The fraction of sp³-hybridized carbons (Fsp3) is 0.368. The first-order valence-corrected chi connectivity index (χ1v) is 15.9. The Morgan fingerprint density at radius 3 is 2.30 bits per heavy atom. The van der Waals surface area contributed by atoms with E-state index in [1.54, 1.807) is 25.2 Å². The van der Waals surface area contributed by atoms with E-state index in [1.807, 2.05) is 38.1 Å². The Hall–Kier alpha value is -4.45. The molecular formula is C38H41ClN2O6. The number of fused-ring (bicyclic) bond motifs is 2. The van der Waals surface area contributed by atoms with Crippen LogP contribution in [0.15, 0.2) is 70.4 Å². The molecule has 0 spiro atoms. The molecule has 1 aliphatic carbocycles. The van der Waals surface area contributed by atoms with Gasteiger partial charge in [0.2, 0.25) is 5.69 Å². The molecule has 0 radical (unpaired) electrons. The number of carboxylic acid groups (broad SMARTS) is 1. The Bertz CT molecular complexity index is 1870. The van der Waals surface area contributed by atoms with Crippen LogP contribution in [0.4, 0.5) is 11.4 Å². The third-order valence-electron chi connectivity index (χ3n) is 9.51. The van der Waals surface area contributed by atoms with Gasteiger partial charge in [-0.3, -0.25) is 4.90 Å². The molecule has 2 aromatic carbocycles. The van der Waals surface area contributed by atoms with Crippen LogP contribution in [0.1, 0.15) is 63.6 Å². The maximum absolute atomic E-state index is 11.3. The number of aliphatic hydroxyl groups excluding tert-OH is 1. The van der Waals surface area contributed by atoms with Crippen molar-refractivity contribution in [3.63, 3.8) is 0 Å². The van der Waals surface area contributed by atoms with Crippen LogP contribution in [0.5, 0.6) is 17.2 Å². The molecule has 0 unspecified atom stereocenters. The molecule has 0 aromatic heterocycles. The molecule has 1 N–H and O–H groups in total. The normalized spacial score (nSPS) is 19.7. The van der Waals surface area contributed by atoms with E-state index in [4.69, 9.17) is 25.8 Å². The van der Waals surface area contributed by atoms with Crippen LogP contribution in [-0.4, -0.2) is 49.7 Å². The van der Waals surface area contributed by atoms with Crippen molar-refractivity contribution >= 4 is 34.7 Å². The molecule has 0 amide bonds. The molecule has 3 aliphatic rings. The second kappa shape index (κ2) is 13.0. The molecular weight excluding hydrogens is 616 g/mol. The third-order valence-corrected chi connectivity index (χ3v) is 10.00. The average molecular weight is 657 g/mol. The third kappa shape index (κ3) is 5.95. The van der Waals surface area contributed by atoms with Gasteiger partial charge in [0.25, 0.3) is 0 Å². The predicted molar refractivity (Wildman–Crippen MR) is 183 cm³/mol. The van der Waals surface area contributed by atoms with Gasteiger partial charge in [-0.2, -0.15) is 4.58 Å². The highest BCUT2D eigenvalue weighted by Gasteiger charge is 2.44. The highest BCUT2D eigenvalue weighted by molar-refractivity contribution is 6.32. The van der Waals surface area contributed by atoms with Crippen molar-refractivity contribution < 1.29 is 33.8 Å². The lowest BCUT2D eigenvalue weighted by Gasteiger charge is -2.23. The average Bonchev–Trinajstić information content (AvgIpc) is 3.37. The number of carboxylic acids is 1. The molecule has 0 saturated heterocycles. The van der Waals surface area contributed by atoms with E-state index in [2.05, 4.69) is 55.7 Å². The van der Waals surface area contributed by atoms with Crippen molar-refractivity contribution in [2.24, 2.45) is 0 Å². The number of methoxy groups -OCH3 is 3. The van der Waals surface area contributed by atoms with E-state index in [0.717, 1.165) is 58.6 Å². The first-order chi connectivity index (χ1) is 22.3. The van der Waals surface area contributed by atoms with E-state index in [0.29, 0.717) is 33.5 Å². The fourth-order valence-electron chi connectivity index (χ4n) is 6.89. The molecule has 2 heterocycles. The van der Waals surface area contributed by atoms with Gasteiger partial charge in [-0.15, -0.1) is 0 Å². The van der Waals surface area contributed by atoms with Gasteiger partial charge in [0, 0.05) is 45.5 Å². The highest BCUT2D eigenvalue weighted by atomic mass is 35.5. The van der Waals surface area contributed by atoms with Crippen LogP contribution in [0.2, 0.25) is 0 Å². The second-order valence-corrected chi connectivity index (χ2v) is 13.3. The lowest BCUT2D eigenvalue weighted by molar-refractivity contribution is -0.401. The smallest absolute Gasteiger partial charge is 0.213 e. The zero-order chi connectivity index (χ0) is 34.3. The number of allylic oxidation sites excluding steroid dienone is 8. The quantitative estimate of drug-likeness (QED) is 0.299. The number of aliphatic hydroxyl groups is 1. The Balaban J connectivity index is 1.53. The molecule has 8 nitrogen and oxygen atoms in total. The van der Waals surface area contributed by atoms with E-state index < -0.39 is 11.4 Å². The topological polar surface area (TPSA) is 94.3 Å². The zero-order valence-electron chi connectivity index (χ0n) is 28.2. The van der Waals surface area contributed by atoms with Gasteiger partial charge in [0.15, 0.2) is 17.2 Å². The summed E-state index contributed by atoms with van der Waals surface area (Å²) in [6.07, 6.45) is 10.8. The fourth-order valence-corrected chi connectivity index (χ4v) is 7.20. The van der Waals surface area contributed by atoms with E-state index >= 15 is 0 Å². The van der Waals surface area contributed by atoms with Crippen LogP contribution in [0.3, 0.4) is 0 Å². The summed E-state index contributed by atoms with van der Waals surface area (Å²) in [5.74, 6) is 2.56. The SMILES string of the molecule is COc1cc2c(cc1CO)C(C)(C)/C(=C/C=C1\CCCC(/C=C/C3=[N+](C)c4cc(OC)c(OC)cc4C3(C)C)=C1Cl)N2C#CC(=O)[O-]. The van der Waals surface area contributed by atoms with E-state index in [9.17, 15) is 15.0 Å². The molecule has 47 heavy (non-hydrogen) atoms. The second-order valence-electron chi connectivity index (χ2n) is 12.9. The number of benzene rings is 2. The Morgan fingerprint density at radius 1 is 0.979 bits per heavy atom. The summed E-state index contributed by atoms with van der Waals surface area (Å²) in [4.78, 5) is 13.0. The summed E-state index contributed by atoms with van der Waals surface area (Å²) in [6, 6.07) is 10.5. The lowest BCUT2D eigenvalue weighted by atomic mass is 9.81. The minimum absolute atomic E-state index is 0.197. The van der Waals surface area contributed by atoms with Crippen LogP contribution in [0.25, 0.3) is 0 Å². The van der Waals surface area contributed by atoms with Gasteiger partial charge in [-0.1, -0.05) is 37.6 Å². The van der Waals surface area contributed by atoms with Crippen molar-refractivity contribution in [1.82, 2.24) is 0 Å². The van der Waals surface area contributed by atoms with Gasteiger partial charge in [0.05, 0.1) is 45.1 Å². The first kappa shape index (κ1) is 33.9. The number of rotatable bonds is 7. The lowest BCUT2D eigenvalue weighted by Crippen LogP contribution is -2.26. The summed E-state index contributed by atoms with van der Waals surface area (Å²) < 4.78 is 18.8. The Kier molecular flexibility index (Phi) is 9.36. The van der Waals surface area contributed by atoms with Crippen molar-refractivity contribution in [2.45, 2.75) is 64.4 Å². The number of nitrogens with zero attached hydrogens (tertiary/aromatic N) is 2. The monoisotopic (exact) mass is 656 g/mol. The standard InChI is InChI=1S/C38H41ClN2O6/c1-37(2)27-19-31(46-7)32(47-8)20-28(27)40(5)33(37)14-12-23-10-9-11-24(36(23)39)13-15-34-38(3,4)26-18-25(22-42)30(45-6)21-29(26)41(34)17-16-35(43)44/h12-15,18-21,42H,9-11,22H2,1-8H3. The van der Waals surface area contributed by atoms with Gasteiger partial charge < -0.3 is 29.2 Å². The van der Waals surface area contributed by atoms with Gasteiger partial charge >= 0.3 is 0 Å². The first-order valence-electron chi connectivity index (χ1n) is 15.5. The molecule has 2 aromatic rings. The Labute approximate surface area is 281 Å². The van der Waals surface area contributed by atoms with Gasteiger partial charge in [-0.25, -0.2) is 0 Å². The molecule has 5 rings (SSSR count). The molecule has 0 bridgehead atoms. The number of hydrogen-bond acceptors (Lipinski definition) is 7. The number of hydrogen-bond donors (Lipinski definition) is 1. The molecule has 2 aliphatic heterocycles. The maximum Gasteiger partial charge on any atom is 0.213 e. The van der Waals surface area contributed by atoms with Crippen molar-refractivity contribution in [1.29, 1.82) is 0 Å². The van der Waals surface area contributed by atoms with Crippen molar-refractivity contribution in [3.05, 3.63) is 87.1 Å². The number of carbonyl (C=O) groups is 1. The van der Waals surface area contributed by atoms with Crippen LogP contribution in [0, 0.1) is 12.0 Å². The minimum atomic E-state index is -1.47. The van der Waals surface area contributed by atoms with Gasteiger partial charge in [-0.05, 0) is 73.9 Å². The summed E-state index contributed by atoms with van der Waals surface area (Å²) >= 11 is 7.08. The van der Waals surface area contributed by atoms with Crippen molar-refractivity contribution in [2.75, 3.05) is 33.3 Å². The zero-order valence-corrected chi connectivity index (χ0v) is 29.0. The molecule has 9 heteroatoms. The Morgan fingerprint density at radius 2 is 1.66 bits per heavy atom. The summed E-state index contributed by atoms with van der Waals surface area (Å²) in [7, 11) is 6.88. The number of anilines is 1. The van der Waals surface area contributed by atoms with Gasteiger partial charge in [0.1, 0.15) is 18.8 Å². The van der Waals surface area contributed by atoms with E-state index in [-0.39, 0.29) is 12.0 Å². The number of halogens is 1.